The summed E-state index contributed by atoms with van der Waals surface area (Å²) in [5, 5.41) is 0. The number of hydrogen-bond donors (Lipinski definition) is 0. The van der Waals surface area contributed by atoms with Crippen molar-refractivity contribution in [2.45, 2.75) is 20.4 Å². The average Bonchev–Trinajstić information content (AvgIpc) is 2.74. The quantitative estimate of drug-likeness (QED) is 0.849. The fourth-order valence-corrected chi connectivity index (χ4v) is 1.98. The molecule has 0 saturated heterocycles. The third-order valence-electron chi connectivity index (χ3n) is 3.14. The van der Waals surface area contributed by atoms with Crippen molar-refractivity contribution in [1.29, 1.82) is 0 Å². The van der Waals surface area contributed by atoms with Crippen molar-refractivity contribution in [3.8, 4) is 0 Å². The van der Waals surface area contributed by atoms with Crippen molar-refractivity contribution < 1.29 is 13.6 Å². The topological polar surface area (TPSA) is 33.5 Å². The Bertz CT molecular complexity index is 604. The molecule has 0 atom stereocenters. The van der Waals surface area contributed by atoms with E-state index in [0.717, 1.165) is 11.3 Å². The normalized spacial score (nSPS) is 10.5. The second-order valence-electron chi connectivity index (χ2n) is 4.62. The largest absolute Gasteiger partial charge is 0.469 e. The van der Waals surface area contributed by atoms with Gasteiger partial charge in [0.15, 0.2) is 0 Å². The maximum Gasteiger partial charge on any atom is 0.254 e. The van der Waals surface area contributed by atoms with Gasteiger partial charge >= 0.3 is 0 Å². The van der Waals surface area contributed by atoms with E-state index in [9.17, 15) is 9.18 Å². The van der Waals surface area contributed by atoms with Crippen molar-refractivity contribution in [3.05, 3.63) is 58.8 Å². The first-order valence-electron chi connectivity index (χ1n) is 6.03. The lowest BCUT2D eigenvalue weighted by atomic mass is 10.1. The van der Waals surface area contributed by atoms with Crippen LogP contribution in [0.15, 0.2) is 34.9 Å². The van der Waals surface area contributed by atoms with Gasteiger partial charge in [-0.2, -0.15) is 0 Å². The number of carbonyl (C=O) groups is 1. The van der Waals surface area contributed by atoms with E-state index in [1.165, 1.54) is 18.2 Å². The standard InChI is InChI=1S/C15H16FNO2/c1-10-8-13(16)4-5-14(10)15(18)17(3)9-12-6-7-19-11(12)2/h4-8H,9H2,1-3H3. The lowest BCUT2D eigenvalue weighted by Crippen LogP contribution is -2.27. The van der Waals surface area contributed by atoms with Gasteiger partial charge in [0.2, 0.25) is 0 Å². The second-order valence-corrected chi connectivity index (χ2v) is 4.62. The van der Waals surface area contributed by atoms with E-state index in [1.807, 2.05) is 13.0 Å². The Morgan fingerprint density at radius 3 is 2.63 bits per heavy atom. The number of hydrogen-bond acceptors (Lipinski definition) is 2. The third kappa shape index (κ3) is 2.84. The predicted octanol–water partition coefficient (Wildman–Crippen LogP) is 3.31. The molecule has 0 spiro atoms. The van der Waals surface area contributed by atoms with Gasteiger partial charge in [-0.05, 0) is 43.7 Å². The minimum absolute atomic E-state index is 0.127. The summed E-state index contributed by atoms with van der Waals surface area (Å²) in [6.45, 7) is 4.06. The lowest BCUT2D eigenvalue weighted by Gasteiger charge is -2.18. The van der Waals surface area contributed by atoms with Crippen LogP contribution in [0.1, 0.15) is 27.2 Å². The molecule has 0 N–H and O–H groups in total. The summed E-state index contributed by atoms with van der Waals surface area (Å²) < 4.78 is 18.2. The number of benzene rings is 1. The Hall–Kier alpha value is -2.10. The first kappa shape index (κ1) is 13.3. The number of halogens is 1. The van der Waals surface area contributed by atoms with Crippen LogP contribution in [-0.2, 0) is 6.54 Å². The number of furan rings is 1. The zero-order chi connectivity index (χ0) is 14.0. The minimum Gasteiger partial charge on any atom is -0.469 e. The van der Waals surface area contributed by atoms with Crippen molar-refractivity contribution in [1.82, 2.24) is 4.90 Å². The highest BCUT2D eigenvalue weighted by atomic mass is 19.1. The molecule has 0 aliphatic heterocycles. The van der Waals surface area contributed by atoms with E-state index in [2.05, 4.69) is 0 Å². The number of nitrogens with zero attached hydrogens (tertiary/aromatic N) is 1. The molecule has 0 radical (unpaired) electrons. The van der Waals surface area contributed by atoms with Crippen LogP contribution in [0, 0.1) is 19.7 Å². The molecule has 1 aromatic carbocycles. The summed E-state index contributed by atoms with van der Waals surface area (Å²) in [4.78, 5) is 13.9. The van der Waals surface area contributed by atoms with E-state index in [-0.39, 0.29) is 11.7 Å². The summed E-state index contributed by atoms with van der Waals surface area (Å²) >= 11 is 0. The molecule has 1 aromatic heterocycles. The van der Waals surface area contributed by atoms with Gasteiger partial charge in [-0.3, -0.25) is 4.79 Å². The fraction of sp³-hybridized carbons (Fsp3) is 0.267. The van der Waals surface area contributed by atoms with Crippen molar-refractivity contribution >= 4 is 5.91 Å². The van der Waals surface area contributed by atoms with Gasteiger partial charge in [0, 0.05) is 24.7 Å². The van der Waals surface area contributed by atoms with Crippen molar-refractivity contribution in [3.63, 3.8) is 0 Å². The third-order valence-corrected chi connectivity index (χ3v) is 3.14. The summed E-state index contributed by atoms with van der Waals surface area (Å²) in [7, 11) is 1.72. The molecule has 19 heavy (non-hydrogen) atoms. The molecule has 0 saturated carbocycles. The highest BCUT2D eigenvalue weighted by Crippen LogP contribution is 2.16. The minimum atomic E-state index is -0.331. The summed E-state index contributed by atoms with van der Waals surface area (Å²) in [5.74, 6) is 0.343. The fourth-order valence-electron chi connectivity index (χ4n) is 1.98. The van der Waals surface area contributed by atoms with Crippen LogP contribution >= 0.6 is 0 Å². The van der Waals surface area contributed by atoms with Gasteiger partial charge in [0.05, 0.1) is 6.26 Å². The maximum atomic E-state index is 13.0. The van der Waals surface area contributed by atoms with Gasteiger partial charge < -0.3 is 9.32 Å². The van der Waals surface area contributed by atoms with Gasteiger partial charge in [-0.1, -0.05) is 0 Å². The molecule has 1 heterocycles. The molecule has 100 valence electrons. The zero-order valence-electron chi connectivity index (χ0n) is 11.2. The molecule has 1 amide bonds. The van der Waals surface area contributed by atoms with E-state index in [0.29, 0.717) is 17.7 Å². The Kier molecular flexibility index (Phi) is 3.69. The van der Waals surface area contributed by atoms with Crippen LogP contribution in [-0.4, -0.2) is 17.9 Å². The van der Waals surface area contributed by atoms with Crippen LogP contribution in [0.4, 0.5) is 4.39 Å². The molecule has 2 aromatic rings. The number of aryl methyl sites for hydroxylation is 2. The Labute approximate surface area is 111 Å². The average molecular weight is 261 g/mol. The first-order valence-corrected chi connectivity index (χ1v) is 6.03. The van der Waals surface area contributed by atoms with E-state index < -0.39 is 0 Å². The first-order chi connectivity index (χ1) is 8.99. The molecule has 2 rings (SSSR count). The maximum absolute atomic E-state index is 13.0. The molecule has 0 unspecified atom stereocenters. The van der Waals surface area contributed by atoms with E-state index >= 15 is 0 Å². The Morgan fingerprint density at radius 2 is 2.05 bits per heavy atom. The van der Waals surface area contributed by atoms with Gasteiger partial charge in [0.25, 0.3) is 5.91 Å². The van der Waals surface area contributed by atoms with Crippen LogP contribution in [0.3, 0.4) is 0 Å². The highest BCUT2D eigenvalue weighted by Gasteiger charge is 2.16. The van der Waals surface area contributed by atoms with Gasteiger partial charge in [0.1, 0.15) is 11.6 Å². The molecule has 0 bridgehead atoms. The van der Waals surface area contributed by atoms with Gasteiger partial charge in [-0.15, -0.1) is 0 Å². The Balaban J connectivity index is 2.17. The van der Waals surface area contributed by atoms with E-state index in [1.54, 1.807) is 25.1 Å². The van der Waals surface area contributed by atoms with Crippen molar-refractivity contribution in [2.75, 3.05) is 7.05 Å². The summed E-state index contributed by atoms with van der Waals surface area (Å²) in [6, 6.07) is 6.03. The van der Waals surface area contributed by atoms with Crippen LogP contribution in [0.5, 0.6) is 0 Å². The molecule has 0 fully saturated rings. The van der Waals surface area contributed by atoms with Gasteiger partial charge in [-0.25, -0.2) is 4.39 Å². The summed E-state index contributed by atoms with van der Waals surface area (Å²) in [6.07, 6.45) is 1.60. The molecule has 0 aliphatic rings. The number of carbonyl (C=O) groups excluding carboxylic acids is 1. The lowest BCUT2D eigenvalue weighted by molar-refractivity contribution is 0.0784. The zero-order valence-corrected chi connectivity index (χ0v) is 11.2. The van der Waals surface area contributed by atoms with Crippen LogP contribution < -0.4 is 0 Å². The second kappa shape index (κ2) is 5.26. The van der Waals surface area contributed by atoms with Crippen LogP contribution in [0.2, 0.25) is 0 Å². The monoisotopic (exact) mass is 261 g/mol. The molecular weight excluding hydrogens is 245 g/mol. The number of rotatable bonds is 3. The summed E-state index contributed by atoms with van der Waals surface area (Å²) in [5.41, 5.74) is 2.13. The molecular formula is C15H16FNO2. The van der Waals surface area contributed by atoms with Crippen molar-refractivity contribution in [2.24, 2.45) is 0 Å². The SMILES string of the molecule is Cc1cc(F)ccc1C(=O)N(C)Cc1ccoc1C. The predicted molar refractivity (Wildman–Crippen MR) is 70.4 cm³/mol. The molecule has 0 aliphatic carbocycles. The molecule has 3 nitrogen and oxygen atoms in total. The highest BCUT2D eigenvalue weighted by molar-refractivity contribution is 5.95. The molecule has 4 heteroatoms. The van der Waals surface area contributed by atoms with E-state index in [4.69, 9.17) is 4.42 Å². The Morgan fingerprint density at radius 1 is 1.32 bits per heavy atom. The smallest absolute Gasteiger partial charge is 0.254 e. The number of amides is 1. The van der Waals surface area contributed by atoms with Crippen LogP contribution in [0.25, 0.3) is 0 Å².